The maximum Gasteiger partial charge on any atom is 0.243 e. The Bertz CT molecular complexity index is 764. The summed E-state index contributed by atoms with van der Waals surface area (Å²) in [5, 5.41) is 2.92. The standard InChI is InChI=1S/C21H23FN2O2/c22-18-9-4-8-16(14-18)11-12-20(25)24-13-5-10-19(24)21(26)23-15-17-6-2-1-3-7-17/h1-4,6-9,14,19H,5,10-13,15H2,(H,23,26). The van der Waals surface area contributed by atoms with Gasteiger partial charge in [0.15, 0.2) is 0 Å². The van der Waals surface area contributed by atoms with Crippen LogP contribution in [0.3, 0.4) is 0 Å². The first-order valence-electron chi connectivity index (χ1n) is 8.99. The van der Waals surface area contributed by atoms with E-state index in [0.29, 0.717) is 25.9 Å². The summed E-state index contributed by atoms with van der Waals surface area (Å²) < 4.78 is 13.2. The van der Waals surface area contributed by atoms with E-state index in [1.54, 1.807) is 11.0 Å². The first kappa shape index (κ1) is 18.1. The summed E-state index contributed by atoms with van der Waals surface area (Å²) in [6, 6.07) is 15.6. The zero-order valence-electron chi connectivity index (χ0n) is 14.7. The molecule has 1 unspecified atom stereocenters. The second kappa shape index (κ2) is 8.61. The van der Waals surface area contributed by atoms with Crippen molar-refractivity contribution in [1.29, 1.82) is 0 Å². The first-order chi connectivity index (χ1) is 12.6. The Balaban J connectivity index is 1.53. The third-order valence-electron chi connectivity index (χ3n) is 4.70. The molecule has 2 aromatic carbocycles. The predicted octanol–water partition coefficient (Wildman–Crippen LogP) is 3.07. The number of amides is 2. The van der Waals surface area contributed by atoms with Crippen molar-refractivity contribution in [2.75, 3.05) is 6.54 Å². The number of carbonyl (C=O) groups excluding carboxylic acids is 2. The van der Waals surface area contributed by atoms with Crippen LogP contribution in [0.4, 0.5) is 4.39 Å². The van der Waals surface area contributed by atoms with E-state index >= 15 is 0 Å². The van der Waals surface area contributed by atoms with E-state index in [2.05, 4.69) is 5.32 Å². The first-order valence-corrected chi connectivity index (χ1v) is 8.99. The molecule has 0 saturated carbocycles. The molecule has 2 aromatic rings. The van der Waals surface area contributed by atoms with E-state index < -0.39 is 6.04 Å². The minimum atomic E-state index is -0.404. The summed E-state index contributed by atoms with van der Waals surface area (Å²) >= 11 is 0. The van der Waals surface area contributed by atoms with Crippen molar-refractivity contribution in [2.45, 2.75) is 38.3 Å². The fourth-order valence-corrected chi connectivity index (χ4v) is 3.33. The Morgan fingerprint density at radius 3 is 2.62 bits per heavy atom. The quantitative estimate of drug-likeness (QED) is 0.867. The van der Waals surface area contributed by atoms with Crippen LogP contribution in [0.25, 0.3) is 0 Å². The molecule has 1 saturated heterocycles. The summed E-state index contributed by atoms with van der Waals surface area (Å²) in [6.07, 6.45) is 2.28. The highest BCUT2D eigenvalue weighted by Crippen LogP contribution is 2.19. The molecule has 136 valence electrons. The van der Waals surface area contributed by atoms with Gasteiger partial charge in [0.2, 0.25) is 11.8 Å². The Labute approximate surface area is 153 Å². The number of likely N-dealkylation sites (tertiary alicyclic amines) is 1. The lowest BCUT2D eigenvalue weighted by molar-refractivity contribution is -0.138. The highest BCUT2D eigenvalue weighted by molar-refractivity contribution is 5.88. The lowest BCUT2D eigenvalue weighted by atomic mass is 10.1. The number of carbonyl (C=O) groups is 2. The number of aryl methyl sites for hydroxylation is 1. The van der Waals surface area contributed by atoms with Gasteiger partial charge in [-0.2, -0.15) is 0 Å². The molecule has 0 aromatic heterocycles. The van der Waals surface area contributed by atoms with Crippen LogP contribution in [-0.4, -0.2) is 29.3 Å². The van der Waals surface area contributed by atoms with E-state index in [9.17, 15) is 14.0 Å². The molecule has 0 radical (unpaired) electrons. The van der Waals surface area contributed by atoms with Crippen LogP contribution >= 0.6 is 0 Å². The third-order valence-corrected chi connectivity index (χ3v) is 4.70. The van der Waals surface area contributed by atoms with Crippen LogP contribution in [-0.2, 0) is 22.6 Å². The number of hydrogen-bond acceptors (Lipinski definition) is 2. The lowest BCUT2D eigenvalue weighted by Gasteiger charge is -2.24. The Morgan fingerprint density at radius 1 is 1.08 bits per heavy atom. The van der Waals surface area contributed by atoms with Gasteiger partial charge >= 0.3 is 0 Å². The third kappa shape index (κ3) is 4.69. The van der Waals surface area contributed by atoms with Crippen molar-refractivity contribution in [1.82, 2.24) is 10.2 Å². The minimum absolute atomic E-state index is 0.0494. The Kier molecular flexibility index (Phi) is 6.00. The zero-order valence-corrected chi connectivity index (χ0v) is 14.7. The molecule has 1 atom stereocenters. The van der Waals surface area contributed by atoms with Crippen molar-refractivity contribution in [2.24, 2.45) is 0 Å². The Morgan fingerprint density at radius 2 is 1.85 bits per heavy atom. The molecular formula is C21H23FN2O2. The van der Waals surface area contributed by atoms with E-state index in [1.165, 1.54) is 12.1 Å². The van der Waals surface area contributed by atoms with Gasteiger partial charge in [0.25, 0.3) is 0 Å². The molecule has 0 bridgehead atoms. The molecule has 1 heterocycles. The molecule has 26 heavy (non-hydrogen) atoms. The van der Waals surface area contributed by atoms with E-state index in [1.807, 2.05) is 36.4 Å². The van der Waals surface area contributed by atoms with E-state index in [-0.39, 0.29) is 24.1 Å². The molecule has 0 spiro atoms. The highest BCUT2D eigenvalue weighted by atomic mass is 19.1. The molecule has 1 aliphatic rings. The number of rotatable bonds is 6. The fraction of sp³-hybridized carbons (Fsp3) is 0.333. The smallest absolute Gasteiger partial charge is 0.243 e. The number of nitrogens with zero attached hydrogens (tertiary/aromatic N) is 1. The minimum Gasteiger partial charge on any atom is -0.350 e. The molecule has 1 N–H and O–H groups in total. The molecule has 3 rings (SSSR count). The maximum atomic E-state index is 13.2. The second-order valence-corrected chi connectivity index (χ2v) is 6.58. The molecule has 0 aliphatic carbocycles. The summed E-state index contributed by atoms with van der Waals surface area (Å²) in [5.41, 5.74) is 1.82. The predicted molar refractivity (Wildman–Crippen MR) is 97.7 cm³/mol. The topological polar surface area (TPSA) is 49.4 Å². The van der Waals surface area contributed by atoms with Crippen LogP contribution in [0.5, 0.6) is 0 Å². The van der Waals surface area contributed by atoms with Gasteiger partial charge in [-0.3, -0.25) is 9.59 Å². The van der Waals surface area contributed by atoms with Crippen molar-refractivity contribution < 1.29 is 14.0 Å². The molecule has 2 amide bonds. The van der Waals surface area contributed by atoms with Crippen molar-refractivity contribution >= 4 is 11.8 Å². The van der Waals surface area contributed by atoms with Gasteiger partial charge < -0.3 is 10.2 Å². The highest BCUT2D eigenvalue weighted by Gasteiger charge is 2.33. The van der Waals surface area contributed by atoms with Crippen molar-refractivity contribution in [3.63, 3.8) is 0 Å². The lowest BCUT2D eigenvalue weighted by Crippen LogP contribution is -2.45. The van der Waals surface area contributed by atoms with Gasteiger partial charge in [-0.1, -0.05) is 42.5 Å². The average molecular weight is 354 g/mol. The molecular weight excluding hydrogens is 331 g/mol. The van der Waals surface area contributed by atoms with Crippen LogP contribution < -0.4 is 5.32 Å². The SMILES string of the molecule is O=C(NCc1ccccc1)C1CCCN1C(=O)CCc1cccc(F)c1. The van der Waals surface area contributed by atoms with Gasteiger partial charge in [0, 0.05) is 19.5 Å². The van der Waals surface area contributed by atoms with Crippen molar-refractivity contribution in [3.8, 4) is 0 Å². The number of benzene rings is 2. The summed E-state index contributed by atoms with van der Waals surface area (Å²) in [5.74, 6) is -0.452. The van der Waals surface area contributed by atoms with Crippen LogP contribution in [0.2, 0.25) is 0 Å². The van der Waals surface area contributed by atoms with Gasteiger partial charge in [-0.05, 0) is 42.5 Å². The zero-order chi connectivity index (χ0) is 18.4. The van der Waals surface area contributed by atoms with Crippen molar-refractivity contribution in [3.05, 3.63) is 71.5 Å². The van der Waals surface area contributed by atoms with Gasteiger partial charge in [-0.25, -0.2) is 4.39 Å². The van der Waals surface area contributed by atoms with E-state index in [4.69, 9.17) is 0 Å². The average Bonchev–Trinajstić information content (AvgIpc) is 3.15. The van der Waals surface area contributed by atoms with Gasteiger partial charge in [-0.15, -0.1) is 0 Å². The normalized spacial score (nSPS) is 16.5. The van der Waals surface area contributed by atoms with Crippen LogP contribution in [0, 0.1) is 5.82 Å². The Hall–Kier alpha value is -2.69. The molecule has 1 fully saturated rings. The number of hydrogen-bond donors (Lipinski definition) is 1. The fourth-order valence-electron chi connectivity index (χ4n) is 3.33. The number of halogens is 1. The summed E-state index contributed by atoms with van der Waals surface area (Å²) in [6.45, 7) is 1.06. The number of nitrogens with one attached hydrogen (secondary N) is 1. The molecule has 1 aliphatic heterocycles. The van der Waals surface area contributed by atoms with Crippen LogP contribution in [0.15, 0.2) is 54.6 Å². The van der Waals surface area contributed by atoms with Crippen LogP contribution in [0.1, 0.15) is 30.4 Å². The molecule has 4 nitrogen and oxygen atoms in total. The molecule has 5 heteroatoms. The summed E-state index contributed by atoms with van der Waals surface area (Å²) in [4.78, 5) is 26.7. The van der Waals surface area contributed by atoms with E-state index in [0.717, 1.165) is 17.5 Å². The van der Waals surface area contributed by atoms with Gasteiger partial charge in [0.05, 0.1) is 0 Å². The monoisotopic (exact) mass is 354 g/mol. The van der Waals surface area contributed by atoms with Gasteiger partial charge in [0.1, 0.15) is 11.9 Å². The largest absolute Gasteiger partial charge is 0.350 e. The second-order valence-electron chi connectivity index (χ2n) is 6.58. The summed E-state index contributed by atoms with van der Waals surface area (Å²) in [7, 11) is 0. The maximum absolute atomic E-state index is 13.2.